The van der Waals surface area contributed by atoms with Crippen LogP contribution in [0, 0.1) is 11.6 Å². The highest BCUT2D eigenvalue weighted by Crippen LogP contribution is 2.22. The fourth-order valence-corrected chi connectivity index (χ4v) is 2.12. The number of carbonyl (C=O) groups is 1. The second-order valence-corrected chi connectivity index (χ2v) is 5.26. The van der Waals surface area contributed by atoms with Gasteiger partial charge in [0, 0.05) is 13.6 Å². The van der Waals surface area contributed by atoms with Crippen LogP contribution in [0.1, 0.15) is 5.56 Å². The average molecular weight is 325 g/mol. The van der Waals surface area contributed by atoms with Crippen molar-refractivity contribution >= 4 is 23.2 Å². The summed E-state index contributed by atoms with van der Waals surface area (Å²) in [5.41, 5.74) is 1.32. The van der Waals surface area contributed by atoms with E-state index in [4.69, 9.17) is 11.6 Å². The SMILES string of the molecule is CN(Cc1ccc(F)cc1)C(=O)CNc1ccc(F)cc1Cl. The number of nitrogens with zero attached hydrogens (tertiary/aromatic N) is 1. The first-order chi connectivity index (χ1) is 10.5. The van der Waals surface area contributed by atoms with Crippen LogP contribution in [0.15, 0.2) is 42.5 Å². The molecule has 2 aromatic carbocycles. The van der Waals surface area contributed by atoms with E-state index >= 15 is 0 Å². The molecule has 0 saturated carbocycles. The Morgan fingerprint density at radius 1 is 1.14 bits per heavy atom. The number of amides is 1. The van der Waals surface area contributed by atoms with Crippen LogP contribution in [0.4, 0.5) is 14.5 Å². The Kier molecular flexibility index (Phi) is 5.33. The molecule has 0 saturated heterocycles. The normalized spacial score (nSPS) is 10.4. The minimum Gasteiger partial charge on any atom is -0.375 e. The molecule has 0 unspecified atom stereocenters. The molecule has 116 valence electrons. The van der Waals surface area contributed by atoms with E-state index < -0.39 is 5.82 Å². The predicted octanol–water partition coefficient (Wildman–Crippen LogP) is 3.69. The van der Waals surface area contributed by atoms with Crippen LogP contribution >= 0.6 is 11.6 Å². The standard InChI is InChI=1S/C16H15ClF2N2O/c1-21(10-11-2-4-12(18)5-3-11)16(22)9-20-15-7-6-13(19)8-14(15)17/h2-8,20H,9-10H2,1H3. The van der Waals surface area contributed by atoms with Gasteiger partial charge in [0.25, 0.3) is 0 Å². The second kappa shape index (κ2) is 7.22. The van der Waals surface area contributed by atoms with Gasteiger partial charge in [-0.2, -0.15) is 0 Å². The molecule has 1 N–H and O–H groups in total. The van der Waals surface area contributed by atoms with Crippen LogP contribution in [0.3, 0.4) is 0 Å². The summed E-state index contributed by atoms with van der Waals surface area (Å²) >= 11 is 5.87. The van der Waals surface area contributed by atoms with E-state index in [0.29, 0.717) is 12.2 Å². The van der Waals surface area contributed by atoms with E-state index in [1.54, 1.807) is 19.2 Å². The Morgan fingerprint density at radius 3 is 2.41 bits per heavy atom. The van der Waals surface area contributed by atoms with Gasteiger partial charge in [0.1, 0.15) is 11.6 Å². The number of anilines is 1. The predicted molar refractivity (Wildman–Crippen MR) is 82.8 cm³/mol. The summed E-state index contributed by atoms with van der Waals surface area (Å²) in [4.78, 5) is 13.5. The maximum atomic E-state index is 12.9. The fraction of sp³-hybridized carbons (Fsp3) is 0.188. The largest absolute Gasteiger partial charge is 0.375 e. The molecular formula is C16H15ClF2N2O. The van der Waals surface area contributed by atoms with E-state index in [1.807, 2.05) is 0 Å². The molecule has 0 radical (unpaired) electrons. The van der Waals surface area contributed by atoms with Crippen LogP contribution in [-0.4, -0.2) is 24.4 Å². The maximum absolute atomic E-state index is 12.9. The molecule has 2 rings (SSSR count). The van der Waals surface area contributed by atoms with Crippen molar-refractivity contribution in [3.63, 3.8) is 0 Å². The number of rotatable bonds is 5. The van der Waals surface area contributed by atoms with Crippen LogP contribution in [0.25, 0.3) is 0 Å². The Morgan fingerprint density at radius 2 is 1.77 bits per heavy atom. The summed E-state index contributed by atoms with van der Waals surface area (Å²) in [5, 5.41) is 3.08. The van der Waals surface area contributed by atoms with Crippen molar-refractivity contribution < 1.29 is 13.6 Å². The van der Waals surface area contributed by atoms with Crippen LogP contribution in [-0.2, 0) is 11.3 Å². The highest BCUT2D eigenvalue weighted by atomic mass is 35.5. The number of hydrogen-bond acceptors (Lipinski definition) is 2. The van der Waals surface area contributed by atoms with Gasteiger partial charge in [-0.25, -0.2) is 8.78 Å². The topological polar surface area (TPSA) is 32.3 Å². The summed E-state index contributed by atoms with van der Waals surface area (Å²) in [6, 6.07) is 9.88. The molecule has 0 atom stereocenters. The van der Waals surface area contributed by atoms with Gasteiger partial charge in [0.2, 0.25) is 5.91 Å². The van der Waals surface area contributed by atoms with E-state index in [0.717, 1.165) is 5.56 Å². The molecule has 3 nitrogen and oxygen atoms in total. The molecule has 0 bridgehead atoms. The number of halogens is 3. The van der Waals surface area contributed by atoms with Crippen molar-refractivity contribution in [2.24, 2.45) is 0 Å². The lowest BCUT2D eigenvalue weighted by Gasteiger charge is -2.18. The third-order valence-corrected chi connectivity index (χ3v) is 3.43. The van der Waals surface area contributed by atoms with Gasteiger partial charge in [-0.3, -0.25) is 4.79 Å². The average Bonchev–Trinajstić information content (AvgIpc) is 2.48. The monoisotopic (exact) mass is 324 g/mol. The Hall–Kier alpha value is -2.14. The summed E-state index contributed by atoms with van der Waals surface area (Å²) in [5.74, 6) is -0.912. The van der Waals surface area contributed by atoms with Crippen LogP contribution in [0.5, 0.6) is 0 Å². The number of likely N-dealkylation sites (N-methyl/N-ethyl adjacent to an activating group) is 1. The zero-order chi connectivity index (χ0) is 16.1. The highest BCUT2D eigenvalue weighted by Gasteiger charge is 2.10. The van der Waals surface area contributed by atoms with Crippen molar-refractivity contribution in [3.8, 4) is 0 Å². The Bertz CT molecular complexity index is 662. The highest BCUT2D eigenvalue weighted by molar-refractivity contribution is 6.33. The molecule has 0 aliphatic rings. The van der Waals surface area contributed by atoms with Gasteiger partial charge in [-0.05, 0) is 35.9 Å². The molecule has 22 heavy (non-hydrogen) atoms. The zero-order valence-corrected chi connectivity index (χ0v) is 12.7. The third-order valence-electron chi connectivity index (χ3n) is 3.12. The zero-order valence-electron chi connectivity index (χ0n) is 11.9. The van der Waals surface area contributed by atoms with Gasteiger partial charge < -0.3 is 10.2 Å². The molecule has 0 aliphatic carbocycles. The second-order valence-electron chi connectivity index (χ2n) is 4.85. The minimum atomic E-state index is -0.435. The van der Waals surface area contributed by atoms with Gasteiger partial charge in [0.15, 0.2) is 0 Å². The summed E-state index contributed by atoms with van der Waals surface area (Å²) in [7, 11) is 1.65. The Labute approximate surface area is 132 Å². The Balaban J connectivity index is 1.89. The molecule has 0 aromatic heterocycles. The molecular weight excluding hydrogens is 310 g/mol. The quantitative estimate of drug-likeness (QED) is 0.909. The van der Waals surface area contributed by atoms with Gasteiger partial charge in [0.05, 0.1) is 17.3 Å². The van der Waals surface area contributed by atoms with Crippen LogP contribution in [0.2, 0.25) is 5.02 Å². The van der Waals surface area contributed by atoms with Gasteiger partial charge >= 0.3 is 0 Å². The molecule has 1 amide bonds. The molecule has 0 aliphatic heterocycles. The van der Waals surface area contributed by atoms with Gasteiger partial charge in [-0.15, -0.1) is 0 Å². The van der Waals surface area contributed by atoms with Crippen molar-refractivity contribution in [2.75, 3.05) is 18.9 Å². The first-order valence-electron chi connectivity index (χ1n) is 6.63. The van der Waals surface area contributed by atoms with Crippen molar-refractivity contribution in [3.05, 3.63) is 64.7 Å². The van der Waals surface area contributed by atoms with Crippen molar-refractivity contribution in [1.82, 2.24) is 4.90 Å². The summed E-state index contributed by atoms with van der Waals surface area (Å²) in [6.07, 6.45) is 0. The minimum absolute atomic E-state index is 0.0308. The summed E-state index contributed by atoms with van der Waals surface area (Å²) in [6.45, 7) is 0.404. The lowest BCUT2D eigenvalue weighted by atomic mass is 10.2. The number of carbonyl (C=O) groups excluding carboxylic acids is 1. The van der Waals surface area contributed by atoms with Crippen molar-refractivity contribution in [2.45, 2.75) is 6.54 Å². The molecule has 0 spiro atoms. The molecule has 0 fully saturated rings. The van der Waals surface area contributed by atoms with Crippen LogP contribution < -0.4 is 5.32 Å². The first-order valence-corrected chi connectivity index (χ1v) is 7.01. The summed E-state index contributed by atoms with van der Waals surface area (Å²) < 4.78 is 25.8. The number of benzene rings is 2. The first kappa shape index (κ1) is 16.2. The molecule has 0 heterocycles. The molecule has 6 heteroatoms. The van der Waals surface area contributed by atoms with E-state index in [9.17, 15) is 13.6 Å². The lowest BCUT2D eigenvalue weighted by molar-refractivity contribution is -0.128. The van der Waals surface area contributed by atoms with Gasteiger partial charge in [-0.1, -0.05) is 23.7 Å². The van der Waals surface area contributed by atoms with Crippen molar-refractivity contribution in [1.29, 1.82) is 0 Å². The number of hydrogen-bond donors (Lipinski definition) is 1. The van der Waals surface area contributed by atoms with E-state index in [1.165, 1.54) is 35.2 Å². The lowest BCUT2D eigenvalue weighted by Crippen LogP contribution is -2.31. The molecule has 2 aromatic rings. The smallest absolute Gasteiger partial charge is 0.241 e. The van der Waals surface area contributed by atoms with E-state index in [2.05, 4.69) is 5.32 Å². The third kappa shape index (κ3) is 4.43. The fourth-order valence-electron chi connectivity index (χ4n) is 1.89. The van der Waals surface area contributed by atoms with E-state index in [-0.39, 0.29) is 23.3 Å². The maximum Gasteiger partial charge on any atom is 0.241 e. The number of nitrogens with one attached hydrogen (secondary N) is 1.